The smallest absolute Gasteiger partial charge is 0.183 e. The van der Waals surface area contributed by atoms with Gasteiger partial charge in [-0.25, -0.2) is 9.97 Å². The minimum atomic E-state index is 0.362. The van der Waals surface area contributed by atoms with Crippen LogP contribution >= 0.6 is 0 Å². The molecule has 0 aliphatic heterocycles. The van der Waals surface area contributed by atoms with Crippen LogP contribution in [0.5, 0.6) is 0 Å². The van der Waals surface area contributed by atoms with Gasteiger partial charge in [0.25, 0.3) is 0 Å². The van der Waals surface area contributed by atoms with Gasteiger partial charge in [-0.2, -0.15) is 5.26 Å². The van der Waals surface area contributed by atoms with Gasteiger partial charge in [-0.05, 0) is 13.8 Å². The van der Waals surface area contributed by atoms with Crippen LogP contribution < -0.4 is 4.90 Å². The summed E-state index contributed by atoms with van der Waals surface area (Å²) >= 11 is 0. The van der Waals surface area contributed by atoms with Crippen LogP contribution in [0.4, 0.5) is 5.82 Å². The maximum Gasteiger partial charge on any atom is 0.183 e. The number of likely N-dealkylation sites (N-methyl/N-ethyl adjacent to an activating group) is 1. The zero-order valence-corrected chi connectivity index (χ0v) is 9.06. The largest absolute Gasteiger partial charge is 0.351 e. The maximum atomic E-state index is 8.90. The second-order valence-electron chi connectivity index (χ2n) is 3.31. The van der Waals surface area contributed by atoms with Crippen LogP contribution in [-0.4, -0.2) is 23.1 Å². The highest BCUT2D eigenvalue weighted by molar-refractivity contribution is 5.50. The van der Waals surface area contributed by atoms with Crippen molar-refractivity contribution in [2.75, 3.05) is 18.0 Å². The Bertz CT molecular complexity index is 392. The molecule has 1 aromatic rings. The zero-order valence-electron chi connectivity index (χ0n) is 9.06. The average Bonchev–Trinajstić information content (AvgIpc) is 2.25. The van der Waals surface area contributed by atoms with Gasteiger partial charge in [-0.1, -0.05) is 12.2 Å². The minimum Gasteiger partial charge on any atom is -0.351 e. The molecule has 0 aromatic carbocycles. The van der Waals surface area contributed by atoms with Gasteiger partial charge in [0.2, 0.25) is 0 Å². The molecule has 1 heterocycles. The van der Waals surface area contributed by atoms with E-state index in [1.807, 2.05) is 24.8 Å². The standard InChI is InChI=1S/C11H14N4/c1-4-15(8-9(2)3)11-10(7-12)13-5-6-14-11/h5-6H,2,4,8H2,1,3H3. The van der Waals surface area contributed by atoms with E-state index in [2.05, 4.69) is 16.5 Å². The van der Waals surface area contributed by atoms with Crippen LogP contribution in [0.25, 0.3) is 0 Å². The Hall–Kier alpha value is -1.89. The molecule has 0 N–H and O–H groups in total. The molecule has 0 saturated heterocycles. The van der Waals surface area contributed by atoms with Crippen molar-refractivity contribution >= 4 is 5.82 Å². The van der Waals surface area contributed by atoms with Crippen molar-refractivity contribution in [2.24, 2.45) is 0 Å². The first-order chi connectivity index (χ1) is 7.19. The van der Waals surface area contributed by atoms with Gasteiger partial charge in [0.1, 0.15) is 6.07 Å². The predicted octanol–water partition coefficient (Wildman–Crippen LogP) is 1.75. The predicted molar refractivity (Wildman–Crippen MR) is 59.4 cm³/mol. The molecule has 0 aliphatic carbocycles. The van der Waals surface area contributed by atoms with Crippen LogP contribution in [0.1, 0.15) is 19.5 Å². The van der Waals surface area contributed by atoms with Crippen molar-refractivity contribution in [2.45, 2.75) is 13.8 Å². The lowest BCUT2D eigenvalue weighted by molar-refractivity contribution is 0.849. The molecule has 0 radical (unpaired) electrons. The summed E-state index contributed by atoms with van der Waals surface area (Å²) in [6.07, 6.45) is 3.12. The zero-order chi connectivity index (χ0) is 11.3. The van der Waals surface area contributed by atoms with Gasteiger partial charge in [-0.3, -0.25) is 0 Å². The van der Waals surface area contributed by atoms with E-state index in [0.29, 0.717) is 18.1 Å². The summed E-state index contributed by atoms with van der Waals surface area (Å²) in [6.45, 7) is 9.29. The molecular formula is C11H14N4. The summed E-state index contributed by atoms with van der Waals surface area (Å²) in [5.74, 6) is 0.630. The molecule has 0 amide bonds. The molecule has 0 aliphatic rings. The van der Waals surface area contributed by atoms with Crippen molar-refractivity contribution < 1.29 is 0 Å². The molecule has 1 aromatic heterocycles. The normalized spacial score (nSPS) is 9.40. The third kappa shape index (κ3) is 2.78. The summed E-state index contributed by atoms with van der Waals surface area (Å²) in [5, 5.41) is 8.90. The Morgan fingerprint density at radius 3 is 2.73 bits per heavy atom. The number of hydrogen-bond acceptors (Lipinski definition) is 4. The Balaban J connectivity index is 3.01. The lowest BCUT2D eigenvalue weighted by atomic mass is 10.3. The van der Waals surface area contributed by atoms with E-state index in [-0.39, 0.29) is 0 Å². The highest BCUT2D eigenvalue weighted by Gasteiger charge is 2.11. The van der Waals surface area contributed by atoms with Gasteiger partial charge in [0.05, 0.1) is 0 Å². The second kappa shape index (κ2) is 5.11. The van der Waals surface area contributed by atoms with Crippen LogP contribution in [0, 0.1) is 11.3 Å². The van der Waals surface area contributed by atoms with Crippen molar-refractivity contribution in [3.05, 3.63) is 30.2 Å². The van der Waals surface area contributed by atoms with Crippen molar-refractivity contribution in [3.8, 4) is 6.07 Å². The van der Waals surface area contributed by atoms with E-state index in [9.17, 15) is 0 Å². The lowest BCUT2D eigenvalue weighted by Crippen LogP contribution is -2.26. The summed E-state index contributed by atoms with van der Waals surface area (Å²) in [4.78, 5) is 10.1. The van der Waals surface area contributed by atoms with Gasteiger partial charge < -0.3 is 4.90 Å². The first-order valence-corrected chi connectivity index (χ1v) is 4.79. The fourth-order valence-electron chi connectivity index (χ4n) is 1.30. The van der Waals surface area contributed by atoms with E-state index in [4.69, 9.17) is 5.26 Å². The molecular weight excluding hydrogens is 188 g/mol. The first-order valence-electron chi connectivity index (χ1n) is 4.79. The van der Waals surface area contributed by atoms with Crippen LogP contribution in [0.3, 0.4) is 0 Å². The molecule has 4 heteroatoms. The molecule has 0 bridgehead atoms. The van der Waals surface area contributed by atoms with Gasteiger partial charge in [0, 0.05) is 25.5 Å². The van der Waals surface area contributed by atoms with E-state index in [1.165, 1.54) is 6.20 Å². The van der Waals surface area contributed by atoms with E-state index >= 15 is 0 Å². The van der Waals surface area contributed by atoms with Gasteiger partial charge in [0.15, 0.2) is 11.5 Å². The molecule has 0 unspecified atom stereocenters. The van der Waals surface area contributed by atoms with E-state index in [1.54, 1.807) is 6.20 Å². The summed E-state index contributed by atoms with van der Waals surface area (Å²) in [5.41, 5.74) is 1.40. The Labute approximate surface area is 89.9 Å². The Morgan fingerprint density at radius 2 is 2.20 bits per heavy atom. The summed E-state index contributed by atoms with van der Waals surface area (Å²) in [7, 11) is 0. The Morgan fingerprint density at radius 1 is 1.53 bits per heavy atom. The number of nitrogens with zero attached hydrogens (tertiary/aromatic N) is 4. The molecule has 0 atom stereocenters. The lowest BCUT2D eigenvalue weighted by Gasteiger charge is -2.21. The first kappa shape index (κ1) is 11.2. The quantitative estimate of drug-likeness (QED) is 0.698. The van der Waals surface area contributed by atoms with Crippen molar-refractivity contribution in [1.29, 1.82) is 5.26 Å². The fraction of sp³-hybridized carbons (Fsp3) is 0.364. The molecule has 0 spiro atoms. The third-order valence-electron chi connectivity index (χ3n) is 1.93. The fourth-order valence-corrected chi connectivity index (χ4v) is 1.30. The minimum absolute atomic E-state index is 0.362. The van der Waals surface area contributed by atoms with Crippen molar-refractivity contribution in [3.63, 3.8) is 0 Å². The molecule has 0 fully saturated rings. The number of nitriles is 1. The van der Waals surface area contributed by atoms with Gasteiger partial charge >= 0.3 is 0 Å². The molecule has 0 saturated carbocycles. The monoisotopic (exact) mass is 202 g/mol. The van der Waals surface area contributed by atoms with Crippen LogP contribution in [-0.2, 0) is 0 Å². The Kier molecular flexibility index (Phi) is 3.81. The van der Waals surface area contributed by atoms with E-state index < -0.39 is 0 Å². The van der Waals surface area contributed by atoms with Crippen LogP contribution in [0.2, 0.25) is 0 Å². The molecule has 15 heavy (non-hydrogen) atoms. The topological polar surface area (TPSA) is 52.8 Å². The van der Waals surface area contributed by atoms with E-state index in [0.717, 1.165) is 12.1 Å². The highest BCUT2D eigenvalue weighted by atomic mass is 15.2. The number of rotatable bonds is 4. The summed E-state index contributed by atoms with van der Waals surface area (Å²) < 4.78 is 0. The number of hydrogen-bond donors (Lipinski definition) is 0. The summed E-state index contributed by atoms with van der Waals surface area (Å²) in [6, 6.07) is 2.04. The third-order valence-corrected chi connectivity index (χ3v) is 1.93. The molecule has 78 valence electrons. The van der Waals surface area contributed by atoms with Crippen molar-refractivity contribution in [1.82, 2.24) is 9.97 Å². The van der Waals surface area contributed by atoms with Gasteiger partial charge in [-0.15, -0.1) is 0 Å². The SMILES string of the molecule is C=C(C)CN(CC)c1nccnc1C#N. The second-order valence-corrected chi connectivity index (χ2v) is 3.31. The molecule has 1 rings (SSSR count). The number of aromatic nitrogens is 2. The average molecular weight is 202 g/mol. The molecule has 4 nitrogen and oxygen atoms in total. The maximum absolute atomic E-state index is 8.90. The van der Waals surface area contributed by atoms with Crippen LogP contribution in [0.15, 0.2) is 24.5 Å². The number of anilines is 1. The highest BCUT2D eigenvalue weighted by Crippen LogP contribution is 2.14.